The number of piperazine rings is 1. The minimum absolute atomic E-state index is 0.181. The summed E-state index contributed by atoms with van der Waals surface area (Å²) in [5.41, 5.74) is 0.599. The van der Waals surface area contributed by atoms with Crippen molar-refractivity contribution in [2.75, 3.05) is 7.11 Å². The van der Waals surface area contributed by atoms with Crippen LogP contribution in [0.5, 0.6) is 0 Å². The average Bonchev–Trinajstić information content (AvgIpc) is 2.44. The van der Waals surface area contributed by atoms with Crippen LogP contribution in [0.4, 0.5) is 4.39 Å². The van der Waals surface area contributed by atoms with Crippen molar-refractivity contribution in [1.82, 2.24) is 10.6 Å². The molecule has 21 heavy (non-hydrogen) atoms. The van der Waals surface area contributed by atoms with Crippen LogP contribution in [0.25, 0.3) is 0 Å². The maximum Gasteiger partial charge on any atom is 0.308 e. The zero-order valence-electron chi connectivity index (χ0n) is 11.4. The second-order valence-corrected chi connectivity index (χ2v) is 4.74. The van der Waals surface area contributed by atoms with Gasteiger partial charge >= 0.3 is 5.97 Å². The van der Waals surface area contributed by atoms with Crippen molar-refractivity contribution in [3.8, 4) is 0 Å². The molecule has 6 nitrogen and oxygen atoms in total. The summed E-state index contributed by atoms with van der Waals surface area (Å²) in [6, 6.07) is 4.09. The molecule has 1 aliphatic heterocycles. The Labute approximate surface area is 120 Å². The first-order valence-electron chi connectivity index (χ1n) is 6.41. The Morgan fingerprint density at radius 2 is 1.90 bits per heavy atom. The third-order valence-electron chi connectivity index (χ3n) is 3.19. The number of hydrogen-bond acceptors (Lipinski definition) is 4. The molecule has 2 N–H and O–H groups in total. The third-order valence-corrected chi connectivity index (χ3v) is 3.19. The minimum Gasteiger partial charge on any atom is -0.469 e. The zero-order valence-corrected chi connectivity index (χ0v) is 11.4. The summed E-state index contributed by atoms with van der Waals surface area (Å²) in [7, 11) is 1.21. The van der Waals surface area contributed by atoms with Crippen LogP contribution in [0.2, 0.25) is 0 Å². The fraction of sp³-hybridized carbons (Fsp3) is 0.357. The van der Waals surface area contributed by atoms with Gasteiger partial charge in [0.25, 0.3) is 0 Å². The van der Waals surface area contributed by atoms with E-state index in [0.29, 0.717) is 5.56 Å². The average molecular weight is 294 g/mol. The van der Waals surface area contributed by atoms with Gasteiger partial charge in [0, 0.05) is 6.42 Å². The molecule has 1 aromatic carbocycles. The van der Waals surface area contributed by atoms with Gasteiger partial charge in [0.15, 0.2) is 0 Å². The molecule has 112 valence electrons. The van der Waals surface area contributed by atoms with Gasteiger partial charge < -0.3 is 15.4 Å². The van der Waals surface area contributed by atoms with E-state index in [1.54, 1.807) is 6.07 Å². The summed E-state index contributed by atoms with van der Waals surface area (Å²) in [5, 5.41) is 5.00. The molecule has 0 bridgehead atoms. The molecule has 0 spiro atoms. The van der Waals surface area contributed by atoms with Crippen molar-refractivity contribution in [3.05, 3.63) is 35.6 Å². The molecule has 1 unspecified atom stereocenters. The number of rotatable bonds is 4. The first-order chi connectivity index (χ1) is 9.99. The molecule has 1 heterocycles. The van der Waals surface area contributed by atoms with E-state index >= 15 is 0 Å². The Balaban J connectivity index is 2.00. The Hall–Kier alpha value is -2.44. The van der Waals surface area contributed by atoms with Gasteiger partial charge in [-0.15, -0.1) is 0 Å². The van der Waals surface area contributed by atoms with E-state index < -0.39 is 35.7 Å². The molecule has 0 aliphatic carbocycles. The van der Waals surface area contributed by atoms with E-state index in [9.17, 15) is 18.8 Å². The van der Waals surface area contributed by atoms with Crippen LogP contribution in [-0.2, 0) is 25.5 Å². The lowest BCUT2D eigenvalue weighted by Gasteiger charge is -2.29. The summed E-state index contributed by atoms with van der Waals surface area (Å²) >= 11 is 0. The minimum atomic E-state index is -0.936. The number of esters is 1. The van der Waals surface area contributed by atoms with E-state index in [0.717, 1.165) is 0 Å². The van der Waals surface area contributed by atoms with Crippen LogP contribution < -0.4 is 10.6 Å². The maximum atomic E-state index is 13.1. The molecular formula is C14H15FN2O4. The van der Waals surface area contributed by atoms with Crippen LogP contribution in [-0.4, -0.2) is 37.0 Å². The second kappa shape index (κ2) is 6.34. The second-order valence-electron chi connectivity index (χ2n) is 4.74. The van der Waals surface area contributed by atoms with Crippen molar-refractivity contribution in [2.45, 2.75) is 24.9 Å². The molecular weight excluding hydrogens is 279 g/mol. The van der Waals surface area contributed by atoms with Gasteiger partial charge in [-0.25, -0.2) is 4.39 Å². The van der Waals surface area contributed by atoms with E-state index in [1.807, 2.05) is 0 Å². The lowest BCUT2D eigenvalue weighted by Crippen LogP contribution is -2.62. The Bertz CT molecular complexity index is 576. The van der Waals surface area contributed by atoms with E-state index in [4.69, 9.17) is 0 Å². The van der Waals surface area contributed by atoms with Crippen molar-refractivity contribution in [3.63, 3.8) is 0 Å². The van der Waals surface area contributed by atoms with Crippen LogP contribution in [0.3, 0.4) is 0 Å². The summed E-state index contributed by atoms with van der Waals surface area (Å²) in [6.45, 7) is 0. The van der Waals surface area contributed by atoms with Crippen molar-refractivity contribution < 1.29 is 23.5 Å². The molecule has 1 aliphatic rings. The first-order valence-corrected chi connectivity index (χ1v) is 6.41. The number of carbonyl (C=O) groups is 3. The van der Waals surface area contributed by atoms with E-state index in [-0.39, 0.29) is 12.8 Å². The standard InChI is InChI=1S/C14H15FN2O4/c1-21-12(18)7-11-14(20)16-10(13(19)17-11)6-8-3-2-4-9(15)5-8/h2-5,10-11H,6-7H2,1H3,(H,16,20)(H,17,19)/t10?,11-/m0/s1. The molecule has 1 aromatic rings. The quantitative estimate of drug-likeness (QED) is 0.760. The lowest BCUT2D eigenvalue weighted by molar-refractivity contribution is -0.145. The normalized spacial score (nSPS) is 21.4. The molecule has 1 saturated heterocycles. The molecule has 0 saturated carbocycles. The van der Waals surface area contributed by atoms with E-state index in [1.165, 1.54) is 25.3 Å². The highest BCUT2D eigenvalue weighted by atomic mass is 19.1. The topological polar surface area (TPSA) is 84.5 Å². The number of benzene rings is 1. The number of methoxy groups -OCH3 is 1. The highest BCUT2D eigenvalue weighted by molar-refractivity contribution is 5.98. The zero-order chi connectivity index (χ0) is 15.4. The molecule has 0 aromatic heterocycles. The highest BCUT2D eigenvalue weighted by Crippen LogP contribution is 2.10. The van der Waals surface area contributed by atoms with Gasteiger partial charge in [-0.05, 0) is 17.7 Å². The lowest BCUT2D eigenvalue weighted by atomic mass is 10.0. The largest absolute Gasteiger partial charge is 0.469 e. The fourth-order valence-electron chi connectivity index (χ4n) is 2.11. The highest BCUT2D eigenvalue weighted by Gasteiger charge is 2.34. The number of carbonyl (C=O) groups excluding carboxylic acids is 3. The van der Waals surface area contributed by atoms with Gasteiger partial charge in [0.2, 0.25) is 11.8 Å². The molecule has 2 amide bonds. The molecule has 1 fully saturated rings. The predicted molar refractivity (Wildman–Crippen MR) is 70.6 cm³/mol. The summed E-state index contributed by atoms with van der Waals surface area (Å²) in [5.74, 6) is -1.85. The number of halogens is 1. The maximum absolute atomic E-state index is 13.1. The van der Waals surface area contributed by atoms with Gasteiger partial charge in [0.05, 0.1) is 13.5 Å². The smallest absolute Gasteiger partial charge is 0.308 e. The first kappa shape index (κ1) is 15.0. The monoisotopic (exact) mass is 294 g/mol. The fourth-order valence-corrected chi connectivity index (χ4v) is 2.11. The molecule has 0 radical (unpaired) electrons. The van der Waals surface area contributed by atoms with E-state index in [2.05, 4.69) is 15.4 Å². The predicted octanol–water partition coefficient (Wildman–Crippen LogP) is -0.0855. The SMILES string of the molecule is COC(=O)C[C@@H]1NC(=O)C(Cc2cccc(F)c2)NC1=O. The van der Waals surface area contributed by atoms with Gasteiger partial charge in [-0.1, -0.05) is 12.1 Å². The van der Waals surface area contributed by atoms with Crippen molar-refractivity contribution in [2.24, 2.45) is 0 Å². The third kappa shape index (κ3) is 3.77. The van der Waals surface area contributed by atoms with Crippen LogP contribution in [0.15, 0.2) is 24.3 Å². The Kier molecular flexibility index (Phi) is 4.52. The van der Waals surface area contributed by atoms with Crippen molar-refractivity contribution >= 4 is 17.8 Å². The van der Waals surface area contributed by atoms with Gasteiger partial charge in [-0.3, -0.25) is 14.4 Å². The Morgan fingerprint density at radius 3 is 2.57 bits per heavy atom. The summed E-state index contributed by atoms with van der Waals surface area (Å²) < 4.78 is 17.6. The molecule has 7 heteroatoms. The van der Waals surface area contributed by atoms with Crippen molar-refractivity contribution in [1.29, 1.82) is 0 Å². The number of hydrogen-bond donors (Lipinski definition) is 2. The Morgan fingerprint density at radius 1 is 1.24 bits per heavy atom. The number of amides is 2. The number of ether oxygens (including phenoxy) is 1. The molecule has 2 rings (SSSR count). The summed E-state index contributed by atoms with van der Waals surface area (Å²) in [4.78, 5) is 34.9. The van der Waals surface area contributed by atoms with Crippen LogP contribution in [0.1, 0.15) is 12.0 Å². The van der Waals surface area contributed by atoms with Gasteiger partial charge in [-0.2, -0.15) is 0 Å². The van der Waals surface area contributed by atoms with Gasteiger partial charge in [0.1, 0.15) is 17.9 Å². The summed E-state index contributed by atoms with van der Waals surface area (Å²) in [6.07, 6.45) is -0.0406. The van der Waals surface area contributed by atoms with Crippen LogP contribution >= 0.6 is 0 Å². The van der Waals surface area contributed by atoms with Crippen LogP contribution in [0, 0.1) is 5.82 Å². The molecule has 2 atom stereocenters. The number of nitrogens with one attached hydrogen (secondary N) is 2.